The van der Waals surface area contributed by atoms with E-state index < -0.39 is 0 Å². The van der Waals surface area contributed by atoms with Crippen molar-refractivity contribution in [2.24, 2.45) is 5.92 Å². The summed E-state index contributed by atoms with van der Waals surface area (Å²) in [5.74, 6) is 0.662. The van der Waals surface area contributed by atoms with Gasteiger partial charge in [-0.2, -0.15) is 0 Å². The van der Waals surface area contributed by atoms with Gasteiger partial charge < -0.3 is 5.32 Å². The van der Waals surface area contributed by atoms with Crippen LogP contribution in [0.3, 0.4) is 0 Å². The highest BCUT2D eigenvalue weighted by molar-refractivity contribution is 5.10. The fourth-order valence-corrected chi connectivity index (χ4v) is 2.66. The molecule has 0 amide bonds. The molecule has 0 radical (unpaired) electrons. The third-order valence-electron chi connectivity index (χ3n) is 3.85. The van der Waals surface area contributed by atoms with Crippen LogP contribution in [0.1, 0.15) is 38.8 Å². The second-order valence-electron chi connectivity index (χ2n) is 5.19. The molecule has 1 saturated heterocycles. The van der Waals surface area contributed by atoms with Gasteiger partial charge in [-0.3, -0.25) is 4.98 Å². The van der Waals surface area contributed by atoms with E-state index in [-0.39, 0.29) is 5.54 Å². The first-order chi connectivity index (χ1) is 7.73. The van der Waals surface area contributed by atoms with Gasteiger partial charge >= 0.3 is 0 Å². The minimum absolute atomic E-state index is 0.270. The number of piperidine rings is 1. The van der Waals surface area contributed by atoms with Crippen molar-refractivity contribution >= 4 is 0 Å². The van der Waals surface area contributed by atoms with E-state index in [1.165, 1.54) is 25.0 Å². The van der Waals surface area contributed by atoms with Crippen LogP contribution in [0.15, 0.2) is 24.4 Å². The second kappa shape index (κ2) is 4.96. The van der Waals surface area contributed by atoms with Crippen molar-refractivity contribution in [3.8, 4) is 0 Å². The first-order valence-electron chi connectivity index (χ1n) is 6.38. The number of hydrogen-bond acceptors (Lipinski definition) is 2. The Morgan fingerprint density at radius 2 is 2.25 bits per heavy atom. The van der Waals surface area contributed by atoms with Crippen molar-refractivity contribution in [3.63, 3.8) is 0 Å². The first-order valence-corrected chi connectivity index (χ1v) is 6.38. The average molecular weight is 218 g/mol. The Kier molecular flexibility index (Phi) is 3.59. The van der Waals surface area contributed by atoms with Crippen molar-refractivity contribution in [2.75, 3.05) is 6.54 Å². The molecule has 2 nitrogen and oxygen atoms in total. The molecule has 1 aliphatic rings. The van der Waals surface area contributed by atoms with Crippen LogP contribution in [0.5, 0.6) is 0 Å². The molecular formula is C14H22N2. The molecule has 0 saturated carbocycles. The number of nitrogens with zero attached hydrogens (tertiary/aromatic N) is 1. The van der Waals surface area contributed by atoms with Crippen LogP contribution >= 0.6 is 0 Å². The molecule has 16 heavy (non-hydrogen) atoms. The number of hydrogen-bond donors (Lipinski definition) is 1. The van der Waals surface area contributed by atoms with E-state index in [1.54, 1.807) is 0 Å². The third kappa shape index (κ3) is 2.43. The molecule has 1 aromatic rings. The van der Waals surface area contributed by atoms with Crippen LogP contribution in [0.2, 0.25) is 0 Å². The molecule has 1 aliphatic heterocycles. The van der Waals surface area contributed by atoms with Crippen molar-refractivity contribution in [1.29, 1.82) is 0 Å². The Bertz CT molecular complexity index is 313. The van der Waals surface area contributed by atoms with Gasteiger partial charge in [0.2, 0.25) is 0 Å². The summed E-state index contributed by atoms with van der Waals surface area (Å²) in [5, 5.41) is 3.74. The van der Waals surface area contributed by atoms with Crippen LogP contribution in [0.4, 0.5) is 0 Å². The molecular weight excluding hydrogens is 196 g/mol. The Hall–Kier alpha value is -0.890. The van der Waals surface area contributed by atoms with Gasteiger partial charge in [-0.1, -0.05) is 26.3 Å². The Labute approximate surface area is 98.5 Å². The maximum absolute atomic E-state index is 4.46. The van der Waals surface area contributed by atoms with Gasteiger partial charge in [0, 0.05) is 23.9 Å². The molecule has 1 N–H and O–H groups in total. The van der Waals surface area contributed by atoms with Gasteiger partial charge in [0.15, 0.2) is 0 Å². The lowest BCUT2D eigenvalue weighted by molar-refractivity contribution is 0.181. The molecule has 1 atom stereocenters. The number of rotatable bonds is 3. The normalized spacial score (nSPS) is 25.9. The van der Waals surface area contributed by atoms with Crippen LogP contribution in [-0.4, -0.2) is 17.1 Å². The minimum Gasteiger partial charge on any atom is -0.311 e. The summed E-state index contributed by atoms with van der Waals surface area (Å²) < 4.78 is 0. The molecule has 1 fully saturated rings. The molecule has 0 aliphatic carbocycles. The van der Waals surface area contributed by atoms with Gasteiger partial charge in [-0.15, -0.1) is 0 Å². The monoisotopic (exact) mass is 218 g/mol. The summed E-state index contributed by atoms with van der Waals surface area (Å²) in [7, 11) is 0. The summed E-state index contributed by atoms with van der Waals surface area (Å²) in [6.07, 6.45) is 6.90. The predicted molar refractivity (Wildman–Crippen MR) is 67.4 cm³/mol. The summed E-state index contributed by atoms with van der Waals surface area (Å²) in [6, 6.07) is 6.21. The lowest BCUT2D eigenvalue weighted by Crippen LogP contribution is -2.54. The highest BCUT2D eigenvalue weighted by atomic mass is 15.0. The zero-order chi connectivity index (χ0) is 11.4. The van der Waals surface area contributed by atoms with Crippen molar-refractivity contribution in [2.45, 2.75) is 45.1 Å². The SMILES string of the molecule is CC(C)C1(Cc2ccccn2)CCCCN1. The molecule has 1 unspecified atom stereocenters. The van der Waals surface area contributed by atoms with E-state index >= 15 is 0 Å². The molecule has 2 heterocycles. The fourth-order valence-electron chi connectivity index (χ4n) is 2.66. The maximum Gasteiger partial charge on any atom is 0.0422 e. The number of pyridine rings is 1. The van der Waals surface area contributed by atoms with E-state index in [2.05, 4.69) is 36.3 Å². The van der Waals surface area contributed by atoms with E-state index in [4.69, 9.17) is 0 Å². The third-order valence-corrected chi connectivity index (χ3v) is 3.85. The highest BCUT2D eigenvalue weighted by Gasteiger charge is 2.35. The van der Waals surface area contributed by atoms with Crippen LogP contribution < -0.4 is 5.32 Å². The summed E-state index contributed by atoms with van der Waals surface area (Å²) in [4.78, 5) is 4.46. The van der Waals surface area contributed by atoms with Crippen LogP contribution in [0.25, 0.3) is 0 Å². The van der Waals surface area contributed by atoms with E-state index in [0.717, 1.165) is 13.0 Å². The molecule has 1 aromatic heterocycles. The predicted octanol–water partition coefficient (Wildman–Crippen LogP) is 2.79. The van der Waals surface area contributed by atoms with E-state index in [0.29, 0.717) is 5.92 Å². The Balaban J connectivity index is 2.14. The zero-order valence-electron chi connectivity index (χ0n) is 10.4. The van der Waals surface area contributed by atoms with Gasteiger partial charge in [0.1, 0.15) is 0 Å². The number of aromatic nitrogens is 1. The largest absolute Gasteiger partial charge is 0.311 e. The quantitative estimate of drug-likeness (QED) is 0.844. The lowest BCUT2D eigenvalue weighted by Gasteiger charge is -2.42. The molecule has 0 spiro atoms. The van der Waals surface area contributed by atoms with Crippen molar-refractivity contribution in [3.05, 3.63) is 30.1 Å². The van der Waals surface area contributed by atoms with Crippen molar-refractivity contribution in [1.82, 2.24) is 10.3 Å². The smallest absolute Gasteiger partial charge is 0.0422 e. The molecule has 2 heteroatoms. The Morgan fingerprint density at radius 1 is 1.38 bits per heavy atom. The highest BCUT2D eigenvalue weighted by Crippen LogP contribution is 2.30. The van der Waals surface area contributed by atoms with Gasteiger partial charge in [0.05, 0.1) is 0 Å². The zero-order valence-corrected chi connectivity index (χ0v) is 10.4. The number of nitrogens with one attached hydrogen (secondary N) is 1. The second-order valence-corrected chi connectivity index (χ2v) is 5.19. The average Bonchev–Trinajstić information content (AvgIpc) is 2.31. The van der Waals surface area contributed by atoms with Gasteiger partial charge in [0.25, 0.3) is 0 Å². The summed E-state index contributed by atoms with van der Waals surface area (Å²) >= 11 is 0. The van der Waals surface area contributed by atoms with Gasteiger partial charge in [-0.25, -0.2) is 0 Å². The van der Waals surface area contributed by atoms with E-state index in [9.17, 15) is 0 Å². The molecule has 88 valence electrons. The first kappa shape index (κ1) is 11.6. The topological polar surface area (TPSA) is 24.9 Å². The summed E-state index contributed by atoms with van der Waals surface area (Å²) in [6.45, 7) is 5.80. The summed E-state index contributed by atoms with van der Waals surface area (Å²) in [5.41, 5.74) is 1.48. The van der Waals surface area contributed by atoms with Crippen LogP contribution in [-0.2, 0) is 6.42 Å². The molecule has 2 rings (SSSR count). The Morgan fingerprint density at radius 3 is 2.81 bits per heavy atom. The van der Waals surface area contributed by atoms with Crippen molar-refractivity contribution < 1.29 is 0 Å². The van der Waals surface area contributed by atoms with Gasteiger partial charge in [-0.05, 0) is 37.4 Å². The lowest BCUT2D eigenvalue weighted by atomic mass is 9.76. The fraction of sp³-hybridized carbons (Fsp3) is 0.643. The molecule has 0 aromatic carbocycles. The maximum atomic E-state index is 4.46. The minimum atomic E-state index is 0.270. The standard InChI is InChI=1S/C14H22N2/c1-12(2)14(8-4-6-10-16-14)11-13-7-3-5-9-15-13/h3,5,7,9,12,16H,4,6,8,10-11H2,1-2H3. The molecule has 0 bridgehead atoms. The van der Waals surface area contributed by atoms with Crippen LogP contribution in [0, 0.1) is 5.92 Å². The van der Waals surface area contributed by atoms with E-state index in [1.807, 2.05) is 12.3 Å².